The van der Waals surface area contributed by atoms with Gasteiger partial charge in [0.2, 0.25) is 0 Å². The molecule has 2 heteroatoms. The van der Waals surface area contributed by atoms with Crippen LogP contribution in [-0.2, 0) is 0 Å². The molecule has 2 nitrogen and oxygen atoms in total. The Kier molecular flexibility index (Phi) is 3.20. The van der Waals surface area contributed by atoms with Crippen LogP contribution in [0.1, 0.15) is 6.42 Å². The van der Waals surface area contributed by atoms with Crippen molar-refractivity contribution in [2.45, 2.75) is 18.6 Å². The topological polar surface area (TPSA) is 32.3 Å². The van der Waals surface area contributed by atoms with Crippen LogP contribution in [0.4, 0.5) is 5.69 Å². The van der Waals surface area contributed by atoms with E-state index in [0.29, 0.717) is 6.42 Å². The summed E-state index contributed by atoms with van der Waals surface area (Å²) in [5.74, 6) is 0. The first-order chi connectivity index (χ1) is 7.34. The molecule has 1 aliphatic carbocycles. The maximum Gasteiger partial charge on any atom is 0.0746 e. The van der Waals surface area contributed by atoms with Crippen molar-refractivity contribution in [1.29, 1.82) is 0 Å². The van der Waals surface area contributed by atoms with Gasteiger partial charge in [-0.1, -0.05) is 42.5 Å². The molecule has 2 rings (SSSR count). The van der Waals surface area contributed by atoms with E-state index in [0.717, 1.165) is 5.69 Å². The van der Waals surface area contributed by atoms with Crippen LogP contribution in [0.2, 0.25) is 0 Å². The van der Waals surface area contributed by atoms with Crippen molar-refractivity contribution in [3.63, 3.8) is 0 Å². The lowest BCUT2D eigenvalue weighted by molar-refractivity contribution is 0.211. The average molecular weight is 201 g/mol. The second-order valence-corrected chi connectivity index (χ2v) is 3.69. The molecule has 0 saturated carbocycles. The molecule has 15 heavy (non-hydrogen) atoms. The van der Waals surface area contributed by atoms with Gasteiger partial charge in [0, 0.05) is 18.2 Å². The maximum atomic E-state index is 9.57. The summed E-state index contributed by atoms with van der Waals surface area (Å²) in [7, 11) is 0. The highest BCUT2D eigenvalue weighted by molar-refractivity contribution is 5.44. The third-order valence-corrected chi connectivity index (χ3v) is 2.41. The number of aliphatic hydroxyl groups excluding tert-OH is 1. The van der Waals surface area contributed by atoms with Crippen LogP contribution in [0.5, 0.6) is 0 Å². The van der Waals surface area contributed by atoms with Crippen molar-refractivity contribution in [1.82, 2.24) is 0 Å². The molecule has 0 bridgehead atoms. The van der Waals surface area contributed by atoms with E-state index in [2.05, 4.69) is 11.4 Å². The largest absolute Gasteiger partial charge is 0.389 e. The van der Waals surface area contributed by atoms with E-state index in [1.165, 1.54) is 0 Å². The summed E-state index contributed by atoms with van der Waals surface area (Å²) in [6.45, 7) is 0. The van der Waals surface area contributed by atoms with E-state index in [4.69, 9.17) is 0 Å². The fourth-order valence-corrected chi connectivity index (χ4v) is 1.66. The highest BCUT2D eigenvalue weighted by atomic mass is 16.3. The normalized spacial score (nSPS) is 24.9. The van der Waals surface area contributed by atoms with Crippen molar-refractivity contribution in [2.24, 2.45) is 0 Å². The van der Waals surface area contributed by atoms with Crippen LogP contribution in [0.25, 0.3) is 0 Å². The third-order valence-electron chi connectivity index (χ3n) is 2.41. The van der Waals surface area contributed by atoms with Crippen molar-refractivity contribution in [3.8, 4) is 0 Å². The zero-order chi connectivity index (χ0) is 10.5. The zero-order valence-electron chi connectivity index (χ0n) is 8.51. The fourth-order valence-electron chi connectivity index (χ4n) is 1.66. The Labute approximate surface area is 89.9 Å². The molecule has 0 aromatic heterocycles. The molecule has 1 aliphatic rings. The SMILES string of the molecule is O[C@@H]1C=CC=C[C@H](Nc2ccccc2)C1. The molecule has 0 heterocycles. The van der Waals surface area contributed by atoms with Gasteiger partial charge in [-0.15, -0.1) is 0 Å². The number of para-hydroxylation sites is 1. The average Bonchev–Trinajstić information content (AvgIpc) is 2.44. The van der Waals surface area contributed by atoms with Crippen LogP contribution >= 0.6 is 0 Å². The van der Waals surface area contributed by atoms with E-state index < -0.39 is 0 Å². The van der Waals surface area contributed by atoms with Gasteiger partial charge in [-0.05, 0) is 12.1 Å². The molecule has 0 unspecified atom stereocenters. The number of allylic oxidation sites excluding steroid dienone is 2. The Bertz CT molecular complexity index is 356. The Morgan fingerprint density at radius 2 is 1.80 bits per heavy atom. The molecular weight excluding hydrogens is 186 g/mol. The number of hydrogen-bond acceptors (Lipinski definition) is 2. The predicted molar refractivity (Wildman–Crippen MR) is 62.8 cm³/mol. The quantitative estimate of drug-likeness (QED) is 0.769. The minimum absolute atomic E-state index is 0.192. The minimum atomic E-state index is -0.360. The maximum absolute atomic E-state index is 9.57. The van der Waals surface area contributed by atoms with Gasteiger partial charge < -0.3 is 10.4 Å². The molecule has 0 radical (unpaired) electrons. The highest BCUT2D eigenvalue weighted by Gasteiger charge is 2.10. The zero-order valence-corrected chi connectivity index (χ0v) is 8.51. The Morgan fingerprint density at radius 1 is 1.07 bits per heavy atom. The lowest BCUT2D eigenvalue weighted by Crippen LogP contribution is -2.21. The lowest BCUT2D eigenvalue weighted by Gasteiger charge is -2.17. The Balaban J connectivity index is 2.01. The van der Waals surface area contributed by atoms with Crippen LogP contribution in [0.3, 0.4) is 0 Å². The molecule has 0 aliphatic heterocycles. The van der Waals surface area contributed by atoms with Crippen molar-refractivity contribution in [2.75, 3.05) is 5.32 Å². The van der Waals surface area contributed by atoms with Gasteiger partial charge in [-0.2, -0.15) is 0 Å². The molecule has 2 N–H and O–H groups in total. The second kappa shape index (κ2) is 4.80. The summed E-state index contributed by atoms with van der Waals surface area (Å²) in [6.07, 6.45) is 8.08. The standard InChI is InChI=1S/C13H15NO/c15-13-9-5-4-8-12(10-13)14-11-6-2-1-3-7-11/h1-9,12-15H,10H2/t12-,13+/m0/s1. The summed E-state index contributed by atoms with van der Waals surface area (Å²) < 4.78 is 0. The summed E-state index contributed by atoms with van der Waals surface area (Å²) in [5, 5.41) is 12.9. The number of aliphatic hydroxyl groups is 1. The first kappa shape index (κ1) is 9.99. The highest BCUT2D eigenvalue weighted by Crippen LogP contribution is 2.13. The van der Waals surface area contributed by atoms with Gasteiger partial charge in [-0.3, -0.25) is 0 Å². The monoisotopic (exact) mass is 201 g/mol. The summed E-state index contributed by atoms with van der Waals surface area (Å²) in [6, 6.07) is 10.2. The van der Waals surface area contributed by atoms with Crippen LogP contribution in [0.15, 0.2) is 54.6 Å². The molecule has 1 aromatic rings. The number of anilines is 1. The van der Waals surface area contributed by atoms with E-state index in [1.807, 2.05) is 48.6 Å². The molecule has 1 aromatic carbocycles. The van der Waals surface area contributed by atoms with Crippen molar-refractivity contribution >= 4 is 5.69 Å². The van der Waals surface area contributed by atoms with Gasteiger partial charge >= 0.3 is 0 Å². The Hall–Kier alpha value is -1.54. The molecule has 2 atom stereocenters. The number of hydrogen-bond donors (Lipinski definition) is 2. The molecule has 78 valence electrons. The fraction of sp³-hybridized carbons (Fsp3) is 0.231. The first-order valence-electron chi connectivity index (χ1n) is 5.19. The van der Waals surface area contributed by atoms with Gasteiger partial charge in [0.15, 0.2) is 0 Å². The van der Waals surface area contributed by atoms with Gasteiger partial charge in [0.1, 0.15) is 0 Å². The number of rotatable bonds is 2. The van der Waals surface area contributed by atoms with Gasteiger partial charge in [-0.25, -0.2) is 0 Å². The van der Waals surface area contributed by atoms with E-state index in [-0.39, 0.29) is 12.1 Å². The molecule has 0 fully saturated rings. The Morgan fingerprint density at radius 3 is 2.60 bits per heavy atom. The number of nitrogens with one attached hydrogen (secondary N) is 1. The van der Waals surface area contributed by atoms with Crippen LogP contribution < -0.4 is 5.32 Å². The minimum Gasteiger partial charge on any atom is -0.389 e. The summed E-state index contributed by atoms with van der Waals surface area (Å²) >= 11 is 0. The van der Waals surface area contributed by atoms with E-state index in [1.54, 1.807) is 0 Å². The van der Waals surface area contributed by atoms with Gasteiger partial charge in [0.05, 0.1) is 6.10 Å². The van der Waals surface area contributed by atoms with E-state index >= 15 is 0 Å². The van der Waals surface area contributed by atoms with Gasteiger partial charge in [0.25, 0.3) is 0 Å². The van der Waals surface area contributed by atoms with Crippen molar-refractivity contribution in [3.05, 3.63) is 54.6 Å². The third kappa shape index (κ3) is 2.96. The van der Waals surface area contributed by atoms with Crippen molar-refractivity contribution < 1.29 is 5.11 Å². The van der Waals surface area contributed by atoms with Crippen LogP contribution in [-0.4, -0.2) is 17.3 Å². The lowest BCUT2D eigenvalue weighted by atomic mass is 10.1. The summed E-state index contributed by atoms with van der Waals surface area (Å²) in [4.78, 5) is 0. The number of benzene rings is 1. The molecule has 0 spiro atoms. The molecule has 0 amide bonds. The molecular formula is C13H15NO. The first-order valence-corrected chi connectivity index (χ1v) is 5.19. The molecule has 0 saturated heterocycles. The second-order valence-electron chi connectivity index (χ2n) is 3.69. The summed E-state index contributed by atoms with van der Waals surface area (Å²) in [5.41, 5.74) is 1.08. The predicted octanol–water partition coefficient (Wildman–Crippen LogP) is 2.34. The van der Waals surface area contributed by atoms with Crippen LogP contribution in [0, 0.1) is 0 Å². The smallest absolute Gasteiger partial charge is 0.0746 e. The van der Waals surface area contributed by atoms with E-state index in [9.17, 15) is 5.11 Å².